The van der Waals surface area contributed by atoms with Crippen LogP contribution in [0.25, 0.3) is 5.53 Å². The number of aliphatic hydroxyl groups excluding tert-OH is 1. The Morgan fingerprint density at radius 2 is 2.18 bits per heavy atom. The average molecular weight is 254 g/mol. The van der Waals surface area contributed by atoms with Gasteiger partial charge in [0, 0.05) is 12.0 Å². The molecule has 0 heterocycles. The average Bonchev–Trinajstić information content (AvgIpc) is 2.27. The van der Waals surface area contributed by atoms with Crippen molar-refractivity contribution in [3.63, 3.8) is 0 Å². The first kappa shape index (κ1) is 11.9. The molecule has 2 atom stereocenters. The van der Waals surface area contributed by atoms with Crippen molar-refractivity contribution in [2.75, 3.05) is 0 Å². The zero-order valence-corrected chi connectivity index (χ0v) is 9.50. The first-order valence-corrected chi connectivity index (χ1v) is 6.33. The predicted octanol–water partition coefficient (Wildman–Crippen LogP) is 0.306. The highest BCUT2D eigenvalue weighted by Gasteiger charge is 2.32. The normalized spacial score (nSPS) is 28.0. The summed E-state index contributed by atoms with van der Waals surface area (Å²) in [4.78, 5) is 2.70. The van der Waals surface area contributed by atoms with Crippen LogP contribution in [0, 0.1) is 5.92 Å². The molecule has 2 N–H and O–H groups in total. The van der Waals surface area contributed by atoms with E-state index in [1.54, 1.807) is 12.2 Å². The smallest absolute Gasteiger partial charge is 0.295 e. The maximum atomic E-state index is 11.0. The number of fused-ring (bicyclic) bond motifs is 1. The molecule has 0 saturated heterocycles. The van der Waals surface area contributed by atoms with Gasteiger partial charge in [-0.15, -0.1) is 0 Å². The molecule has 0 aromatic rings. The van der Waals surface area contributed by atoms with Crippen molar-refractivity contribution in [3.8, 4) is 0 Å². The molecule has 0 amide bonds. The number of nitrogens with zero attached hydrogens (tertiary/aromatic N) is 2. The van der Waals surface area contributed by atoms with Gasteiger partial charge < -0.3 is 10.6 Å². The van der Waals surface area contributed by atoms with Crippen molar-refractivity contribution in [1.82, 2.24) is 0 Å². The van der Waals surface area contributed by atoms with Gasteiger partial charge in [-0.3, -0.25) is 4.55 Å². The molecular formula is C10H10N2O4S. The van der Waals surface area contributed by atoms with Crippen molar-refractivity contribution < 1.29 is 22.9 Å². The minimum Gasteiger partial charge on any atom is -0.388 e. The standard InChI is InChI=1S/C10H10N2O4S/c11-12-7-1-2-9-6(3-7)4-8(5-10(9)13)17(14,15)16/h1-2,4-5,9-10,13H,3H2,(H,14,15,16). The Balaban J connectivity index is 2.47. The molecule has 2 rings (SSSR count). The van der Waals surface area contributed by atoms with E-state index in [9.17, 15) is 13.5 Å². The Morgan fingerprint density at radius 3 is 2.76 bits per heavy atom. The minimum atomic E-state index is -4.34. The van der Waals surface area contributed by atoms with Crippen LogP contribution in [0.2, 0.25) is 0 Å². The summed E-state index contributed by atoms with van der Waals surface area (Å²) in [5.74, 6) is -0.342. The molecule has 0 fully saturated rings. The van der Waals surface area contributed by atoms with Gasteiger partial charge in [-0.05, 0) is 17.7 Å². The largest absolute Gasteiger partial charge is 0.388 e. The zero-order chi connectivity index (χ0) is 12.6. The Kier molecular flexibility index (Phi) is 2.84. The highest BCUT2D eigenvalue weighted by Crippen LogP contribution is 2.32. The summed E-state index contributed by atoms with van der Waals surface area (Å²) in [6.07, 6.45) is 4.81. The Morgan fingerprint density at radius 1 is 1.47 bits per heavy atom. The number of hydrogen-bond donors (Lipinski definition) is 2. The lowest BCUT2D eigenvalue weighted by atomic mass is 9.82. The molecule has 0 radical (unpaired) electrons. The van der Waals surface area contributed by atoms with Gasteiger partial charge >= 0.3 is 0 Å². The summed E-state index contributed by atoms with van der Waals surface area (Å²) in [7, 11) is -4.34. The molecule has 0 aromatic carbocycles. The second kappa shape index (κ2) is 4.05. The van der Waals surface area contributed by atoms with E-state index in [0.29, 0.717) is 11.3 Å². The van der Waals surface area contributed by atoms with E-state index in [4.69, 9.17) is 10.1 Å². The van der Waals surface area contributed by atoms with Gasteiger partial charge in [0.1, 0.15) is 0 Å². The highest BCUT2D eigenvalue weighted by molar-refractivity contribution is 7.90. The van der Waals surface area contributed by atoms with Crippen LogP contribution in [0.1, 0.15) is 6.42 Å². The molecule has 2 aliphatic carbocycles. The third-order valence-corrected chi connectivity index (χ3v) is 3.62. The van der Waals surface area contributed by atoms with Gasteiger partial charge in [0.15, 0.2) is 0 Å². The van der Waals surface area contributed by atoms with Crippen LogP contribution in [0.15, 0.2) is 34.8 Å². The molecule has 0 spiro atoms. The summed E-state index contributed by atoms with van der Waals surface area (Å²) >= 11 is 0. The molecule has 2 aliphatic rings. The number of allylic oxidation sites excluding steroid dienone is 2. The molecule has 0 saturated carbocycles. The van der Waals surface area contributed by atoms with Crippen molar-refractivity contribution in [2.24, 2.45) is 5.92 Å². The van der Waals surface area contributed by atoms with Crippen molar-refractivity contribution in [2.45, 2.75) is 12.5 Å². The SMILES string of the molecule is [N-]=[N+]=C1C=CC2C(=CC(S(=O)(=O)O)=CC2O)C1. The Bertz CT molecular complexity index is 594. The van der Waals surface area contributed by atoms with E-state index in [1.165, 1.54) is 6.08 Å². The summed E-state index contributed by atoms with van der Waals surface area (Å²) in [5, 5.41) is 9.75. The van der Waals surface area contributed by atoms with E-state index >= 15 is 0 Å². The molecule has 0 aromatic heterocycles. The molecule has 90 valence electrons. The lowest BCUT2D eigenvalue weighted by Gasteiger charge is -2.26. The molecule has 2 unspecified atom stereocenters. The summed E-state index contributed by atoms with van der Waals surface area (Å²) in [5.41, 5.74) is 9.60. The van der Waals surface area contributed by atoms with Crippen molar-refractivity contribution in [1.29, 1.82) is 0 Å². The van der Waals surface area contributed by atoms with Crippen molar-refractivity contribution in [3.05, 3.63) is 40.3 Å². The fourth-order valence-electron chi connectivity index (χ4n) is 1.94. The summed E-state index contributed by atoms with van der Waals surface area (Å²) in [6, 6.07) is 0. The van der Waals surface area contributed by atoms with E-state index in [0.717, 1.165) is 6.08 Å². The van der Waals surface area contributed by atoms with Crippen LogP contribution >= 0.6 is 0 Å². The minimum absolute atomic E-state index is 0.238. The van der Waals surface area contributed by atoms with Gasteiger partial charge in [-0.25, -0.2) is 0 Å². The lowest BCUT2D eigenvalue weighted by Crippen LogP contribution is -2.27. The third-order valence-electron chi connectivity index (χ3n) is 2.77. The van der Waals surface area contributed by atoms with Gasteiger partial charge in [-0.1, -0.05) is 6.08 Å². The fourth-order valence-corrected chi connectivity index (χ4v) is 2.55. The van der Waals surface area contributed by atoms with E-state index in [-0.39, 0.29) is 17.2 Å². The van der Waals surface area contributed by atoms with E-state index in [1.807, 2.05) is 0 Å². The van der Waals surface area contributed by atoms with Crippen LogP contribution in [-0.2, 0) is 10.1 Å². The predicted molar refractivity (Wildman–Crippen MR) is 59.6 cm³/mol. The van der Waals surface area contributed by atoms with Crippen LogP contribution in [0.3, 0.4) is 0 Å². The number of rotatable bonds is 1. The Labute approximate surface area is 97.9 Å². The van der Waals surface area contributed by atoms with Gasteiger partial charge in [0.05, 0.1) is 17.4 Å². The number of hydrogen-bond acceptors (Lipinski definition) is 3. The maximum absolute atomic E-state index is 11.0. The van der Waals surface area contributed by atoms with Crippen LogP contribution in [-0.4, -0.2) is 34.7 Å². The molecule has 17 heavy (non-hydrogen) atoms. The number of aliphatic hydroxyl groups is 1. The highest BCUT2D eigenvalue weighted by atomic mass is 32.2. The molecular weight excluding hydrogens is 244 g/mol. The van der Waals surface area contributed by atoms with E-state index < -0.39 is 16.2 Å². The monoisotopic (exact) mass is 254 g/mol. The maximum Gasteiger partial charge on any atom is 0.295 e. The molecule has 0 aliphatic heterocycles. The lowest BCUT2D eigenvalue weighted by molar-refractivity contribution is -0.00620. The third kappa shape index (κ3) is 2.27. The van der Waals surface area contributed by atoms with Crippen LogP contribution in [0.5, 0.6) is 0 Å². The zero-order valence-electron chi connectivity index (χ0n) is 8.68. The quantitative estimate of drug-likeness (QED) is 0.398. The first-order chi connectivity index (χ1) is 7.91. The van der Waals surface area contributed by atoms with Gasteiger partial charge in [0.2, 0.25) is 0 Å². The first-order valence-electron chi connectivity index (χ1n) is 4.89. The van der Waals surface area contributed by atoms with Gasteiger partial charge in [0.25, 0.3) is 15.8 Å². The van der Waals surface area contributed by atoms with E-state index in [2.05, 4.69) is 4.79 Å². The second-order valence-corrected chi connectivity index (χ2v) is 5.33. The summed E-state index contributed by atoms with van der Waals surface area (Å²) < 4.78 is 30.9. The fraction of sp³-hybridized carbons (Fsp3) is 0.300. The Hall–Kier alpha value is -1.53. The second-order valence-electron chi connectivity index (χ2n) is 3.91. The molecule has 0 bridgehead atoms. The topological polar surface area (TPSA) is 111 Å². The van der Waals surface area contributed by atoms with Crippen LogP contribution in [0.4, 0.5) is 0 Å². The van der Waals surface area contributed by atoms with Crippen molar-refractivity contribution >= 4 is 15.8 Å². The van der Waals surface area contributed by atoms with Crippen LogP contribution < -0.4 is 0 Å². The molecule has 6 nitrogen and oxygen atoms in total. The van der Waals surface area contributed by atoms with Gasteiger partial charge in [-0.2, -0.15) is 13.2 Å². The molecule has 7 heteroatoms. The summed E-state index contributed by atoms with van der Waals surface area (Å²) in [6.45, 7) is 0.